The first-order chi connectivity index (χ1) is 11.1. The molecule has 0 radical (unpaired) electrons. The Balaban J connectivity index is 2.98. The van der Waals surface area contributed by atoms with Gasteiger partial charge in [-0.1, -0.05) is 20.3 Å². The van der Waals surface area contributed by atoms with E-state index in [2.05, 4.69) is 5.32 Å². The Hall–Kier alpha value is -1.93. The third-order valence-corrected chi connectivity index (χ3v) is 5.68. The highest BCUT2D eigenvalue weighted by molar-refractivity contribution is 7.89. The molecule has 134 valence electrons. The molecule has 7 nitrogen and oxygen atoms in total. The zero-order valence-electron chi connectivity index (χ0n) is 14.6. The van der Waals surface area contributed by atoms with Crippen LogP contribution < -0.4 is 5.32 Å². The smallest absolute Gasteiger partial charge is 0.328 e. The number of rotatable bonds is 7. The van der Waals surface area contributed by atoms with Gasteiger partial charge in [0.25, 0.3) is 5.91 Å². The molecular weight excluding hydrogens is 332 g/mol. The average Bonchev–Trinajstić information content (AvgIpc) is 2.57. The maximum atomic E-state index is 12.3. The van der Waals surface area contributed by atoms with Crippen molar-refractivity contribution >= 4 is 21.9 Å². The Morgan fingerprint density at radius 1 is 1.21 bits per heavy atom. The summed E-state index contributed by atoms with van der Waals surface area (Å²) >= 11 is 0. The number of benzene rings is 1. The van der Waals surface area contributed by atoms with Gasteiger partial charge in [-0.25, -0.2) is 17.5 Å². The number of methoxy groups -OCH3 is 1. The quantitative estimate of drug-likeness (QED) is 0.742. The van der Waals surface area contributed by atoms with Crippen molar-refractivity contribution < 1.29 is 22.7 Å². The van der Waals surface area contributed by atoms with E-state index in [9.17, 15) is 18.0 Å². The summed E-state index contributed by atoms with van der Waals surface area (Å²) in [6, 6.07) is 4.80. The molecule has 0 aromatic heterocycles. The second-order valence-electron chi connectivity index (χ2n) is 5.67. The number of amides is 1. The predicted molar refractivity (Wildman–Crippen MR) is 90.0 cm³/mol. The van der Waals surface area contributed by atoms with Gasteiger partial charge < -0.3 is 10.1 Å². The van der Waals surface area contributed by atoms with Gasteiger partial charge in [0.2, 0.25) is 10.0 Å². The second-order valence-corrected chi connectivity index (χ2v) is 7.82. The summed E-state index contributed by atoms with van der Waals surface area (Å²) in [7, 11) is 0.586. The molecule has 1 amide bonds. The third kappa shape index (κ3) is 4.55. The molecule has 1 aromatic carbocycles. The number of esters is 1. The van der Waals surface area contributed by atoms with E-state index in [0.717, 1.165) is 4.31 Å². The zero-order chi connectivity index (χ0) is 18.5. The second kappa shape index (κ2) is 8.25. The molecule has 8 heteroatoms. The molecule has 2 atom stereocenters. The SMILES string of the molecule is CC[C@H](C)[C@@H](NC(=O)c1ccc(S(=O)(=O)N(C)C)cc1)C(=O)OC. The molecule has 0 aliphatic carbocycles. The van der Waals surface area contributed by atoms with Crippen molar-refractivity contribution in [2.75, 3.05) is 21.2 Å². The van der Waals surface area contributed by atoms with Gasteiger partial charge in [-0.2, -0.15) is 0 Å². The summed E-state index contributed by atoms with van der Waals surface area (Å²) < 4.78 is 29.8. The molecular formula is C16H24N2O5S. The van der Waals surface area contributed by atoms with Crippen LogP contribution in [-0.4, -0.2) is 51.8 Å². The maximum Gasteiger partial charge on any atom is 0.328 e. The number of nitrogens with zero attached hydrogens (tertiary/aromatic N) is 1. The van der Waals surface area contributed by atoms with Gasteiger partial charge in [0.05, 0.1) is 12.0 Å². The minimum Gasteiger partial charge on any atom is -0.467 e. The number of hydrogen-bond acceptors (Lipinski definition) is 5. The Bertz CT molecular complexity index is 683. The molecule has 0 bridgehead atoms. The highest BCUT2D eigenvalue weighted by Crippen LogP contribution is 2.15. The van der Waals surface area contributed by atoms with Crippen LogP contribution in [0.1, 0.15) is 30.6 Å². The lowest BCUT2D eigenvalue weighted by molar-refractivity contribution is -0.144. The van der Waals surface area contributed by atoms with E-state index in [1.807, 2.05) is 13.8 Å². The van der Waals surface area contributed by atoms with Crippen molar-refractivity contribution in [3.63, 3.8) is 0 Å². The fourth-order valence-electron chi connectivity index (χ4n) is 2.01. The summed E-state index contributed by atoms with van der Waals surface area (Å²) in [5, 5.41) is 2.64. The molecule has 0 fully saturated rings. The monoisotopic (exact) mass is 356 g/mol. The van der Waals surface area contributed by atoms with E-state index in [1.54, 1.807) is 0 Å². The summed E-state index contributed by atoms with van der Waals surface area (Å²) in [5.74, 6) is -1.06. The summed E-state index contributed by atoms with van der Waals surface area (Å²) in [6.07, 6.45) is 0.695. The summed E-state index contributed by atoms with van der Waals surface area (Å²) in [6.45, 7) is 3.75. The van der Waals surface area contributed by atoms with Crippen molar-refractivity contribution in [3.8, 4) is 0 Å². The van der Waals surface area contributed by atoms with E-state index in [1.165, 1.54) is 45.5 Å². The van der Waals surface area contributed by atoms with Crippen LogP contribution in [0.5, 0.6) is 0 Å². The van der Waals surface area contributed by atoms with Crippen LogP contribution in [0.25, 0.3) is 0 Å². The number of carbonyl (C=O) groups is 2. The van der Waals surface area contributed by atoms with Crippen LogP contribution in [0.15, 0.2) is 29.2 Å². The normalized spacial score (nSPS) is 14.1. The number of nitrogens with one attached hydrogen (secondary N) is 1. The van der Waals surface area contributed by atoms with Gasteiger partial charge in [-0.15, -0.1) is 0 Å². The number of carbonyl (C=O) groups excluding carboxylic acids is 2. The van der Waals surface area contributed by atoms with Gasteiger partial charge in [0, 0.05) is 19.7 Å². The van der Waals surface area contributed by atoms with Crippen molar-refractivity contribution in [2.24, 2.45) is 5.92 Å². The highest BCUT2D eigenvalue weighted by atomic mass is 32.2. The van der Waals surface area contributed by atoms with Gasteiger partial charge in [0.15, 0.2) is 0 Å². The van der Waals surface area contributed by atoms with Gasteiger partial charge in [-0.05, 0) is 30.2 Å². The molecule has 0 aliphatic rings. The molecule has 0 saturated heterocycles. The molecule has 0 spiro atoms. The Morgan fingerprint density at radius 3 is 2.17 bits per heavy atom. The van der Waals surface area contributed by atoms with Crippen LogP contribution in [0, 0.1) is 5.92 Å². The van der Waals surface area contributed by atoms with E-state index in [4.69, 9.17) is 4.74 Å². The minimum atomic E-state index is -3.55. The van der Waals surface area contributed by atoms with Crippen molar-refractivity contribution in [3.05, 3.63) is 29.8 Å². The molecule has 1 N–H and O–H groups in total. The lowest BCUT2D eigenvalue weighted by Crippen LogP contribution is -2.45. The molecule has 24 heavy (non-hydrogen) atoms. The average molecular weight is 356 g/mol. The van der Waals surface area contributed by atoms with Crippen LogP contribution in [0.3, 0.4) is 0 Å². The standard InChI is InChI=1S/C16H24N2O5S/c1-6-11(2)14(16(20)23-5)17-15(19)12-7-9-13(10-8-12)24(21,22)18(3)4/h7-11,14H,6H2,1-5H3,(H,17,19)/t11-,14+/m0/s1. The minimum absolute atomic E-state index is 0.0882. The van der Waals surface area contributed by atoms with Gasteiger partial charge in [-0.3, -0.25) is 4.79 Å². The van der Waals surface area contributed by atoms with E-state index in [0.29, 0.717) is 6.42 Å². The van der Waals surface area contributed by atoms with Crippen LogP contribution in [-0.2, 0) is 19.6 Å². The first-order valence-corrected chi connectivity index (χ1v) is 9.00. The predicted octanol–water partition coefficient (Wildman–Crippen LogP) is 1.25. The molecule has 0 unspecified atom stereocenters. The van der Waals surface area contributed by atoms with Crippen LogP contribution in [0.2, 0.25) is 0 Å². The van der Waals surface area contributed by atoms with Crippen molar-refractivity contribution in [1.82, 2.24) is 9.62 Å². The Kier molecular flexibility index (Phi) is 6.92. The topological polar surface area (TPSA) is 92.8 Å². The molecule has 0 heterocycles. The maximum absolute atomic E-state index is 12.3. The molecule has 1 aromatic rings. The largest absolute Gasteiger partial charge is 0.467 e. The van der Waals surface area contributed by atoms with Crippen molar-refractivity contribution in [1.29, 1.82) is 0 Å². The lowest BCUT2D eigenvalue weighted by Gasteiger charge is -2.21. The first-order valence-electron chi connectivity index (χ1n) is 7.56. The van der Waals surface area contributed by atoms with E-state index >= 15 is 0 Å². The van der Waals surface area contributed by atoms with Gasteiger partial charge in [0.1, 0.15) is 6.04 Å². The molecule has 1 rings (SSSR count). The zero-order valence-corrected chi connectivity index (χ0v) is 15.4. The summed E-state index contributed by atoms with van der Waals surface area (Å²) in [5.41, 5.74) is 0.268. The van der Waals surface area contributed by atoms with Crippen molar-refractivity contribution in [2.45, 2.75) is 31.2 Å². The van der Waals surface area contributed by atoms with Gasteiger partial charge >= 0.3 is 5.97 Å². The van der Waals surface area contributed by atoms with Crippen LogP contribution >= 0.6 is 0 Å². The fourth-order valence-corrected chi connectivity index (χ4v) is 2.91. The lowest BCUT2D eigenvalue weighted by atomic mass is 9.99. The number of sulfonamides is 1. The Morgan fingerprint density at radius 2 is 1.75 bits per heavy atom. The molecule has 0 saturated carbocycles. The third-order valence-electron chi connectivity index (χ3n) is 3.85. The fraction of sp³-hybridized carbons (Fsp3) is 0.500. The highest BCUT2D eigenvalue weighted by Gasteiger charge is 2.27. The van der Waals surface area contributed by atoms with E-state index in [-0.39, 0.29) is 16.4 Å². The molecule has 0 aliphatic heterocycles. The van der Waals surface area contributed by atoms with E-state index < -0.39 is 27.9 Å². The summed E-state index contributed by atoms with van der Waals surface area (Å²) in [4.78, 5) is 24.2. The number of ether oxygens (including phenoxy) is 1. The number of hydrogen-bond donors (Lipinski definition) is 1. The Labute approximate surface area is 143 Å². The first kappa shape index (κ1) is 20.1. The van der Waals surface area contributed by atoms with Crippen LogP contribution in [0.4, 0.5) is 0 Å².